The van der Waals surface area contributed by atoms with Gasteiger partial charge in [0.05, 0.1) is 0 Å². The molecule has 1 aliphatic rings. The van der Waals surface area contributed by atoms with Crippen LogP contribution in [0.25, 0.3) is 0 Å². The van der Waals surface area contributed by atoms with Gasteiger partial charge in [0.2, 0.25) is 0 Å². The van der Waals surface area contributed by atoms with E-state index < -0.39 is 5.60 Å². The van der Waals surface area contributed by atoms with Crippen molar-refractivity contribution in [3.05, 3.63) is 29.3 Å². The van der Waals surface area contributed by atoms with Gasteiger partial charge in [-0.1, -0.05) is 0 Å². The maximum absolute atomic E-state index is 12.2. The number of nitrogens with two attached hydrogens (primary N) is 1. The van der Waals surface area contributed by atoms with E-state index in [0.717, 1.165) is 18.4 Å². The van der Waals surface area contributed by atoms with Gasteiger partial charge < -0.3 is 20.7 Å². The van der Waals surface area contributed by atoms with Gasteiger partial charge in [0.1, 0.15) is 5.60 Å². The molecule has 138 valence electrons. The van der Waals surface area contributed by atoms with Crippen LogP contribution in [0.1, 0.15) is 62.4 Å². The van der Waals surface area contributed by atoms with Gasteiger partial charge in [0.25, 0.3) is 5.91 Å². The second kappa shape index (κ2) is 7.76. The Morgan fingerprint density at radius 2 is 1.88 bits per heavy atom. The Morgan fingerprint density at radius 3 is 2.44 bits per heavy atom. The largest absolute Gasteiger partial charge is 0.444 e. The zero-order chi connectivity index (χ0) is 18.6. The minimum absolute atomic E-state index is 0.109. The van der Waals surface area contributed by atoms with E-state index in [-0.39, 0.29) is 17.9 Å². The van der Waals surface area contributed by atoms with Crippen molar-refractivity contribution in [2.24, 2.45) is 0 Å². The lowest BCUT2D eigenvalue weighted by Gasteiger charge is -2.33. The molecular weight excluding hydrogens is 318 g/mol. The summed E-state index contributed by atoms with van der Waals surface area (Å²) in [5, 5.41) is 2.80. The van der Waals surface area contributed by atoms with Crippen molar-refractivity contribution in [3.8, 4) is 0 Å². The zero-order valence-electron chi connectivity index (χ0n) is 15.6. The molecule has 1 aromatic rings. The molecule has 1 aromatic carbocycles. The number of nitrogens with zero attached hydrogens (tertiary/aromatic N) is 1. The second-order valence-electron chi connectivity index (χ2n) is 7.49. The molecule has 0 aromatic heterocycles. The van der Waals surface area contributed by atoms with Crippen LogP contribution in [-0.4, -0.2) is 42.1 Å². The number of benzene rings is 1. The van der Waals surface area contributed by atoms with E-state index in [4.69, 9.17) is 10.5 Å². The van der Waals surface area contributed by atoms with E-state index in [1.165, 1.54) is 0 Å². The average molecular weight is 347 g/mol. The third-order valence-electron chi connectivity index (χ3n) is 4.20. The molecule has 0 aliphatic carbocycles. The molecule has 0 saturated carbocycles. The molecule has 1 fully saturated rings. The van der Waals surface area contributed by atoms with Gasteiger partial charge in [-0.2, -0.15) is 0 Å². The molecule has 0 bridgehead atoms. The van der Waals surface area contributed by atoms with Gasteiger partial charge in [0.15, 0.2) is 0 Å². The van der Waals surface area contributed by atoms with Crippen LogP contribution in [0.4, 0.5) is 10.5 Å². The lowest BCUT2D eigenvalue weighted by atomic mass is 9.88. The second-order valence-corrected chi connectivity index (χ2v) is 7.49. The van der Waals surface area contributed by atoms with Crippen molar-refractivity contribution in [3.63, 3.8) is 0 Å². The summed E-state index contributed by atoms with van der Waals surface area (Å²) < 4.78 is 5.43. The van der Waals surface area contributed by atoms with Gasteiger partial charge in [0, 0.05) is 30.9 Å². The van der Waals surface area contributed by atoms with Crippen molar-refractivity contribution in [2.75, 3.05) is 25.4 Å². The van der Waals surface area contributed by atoms with E-state index in [9.17, 15) is 9.59 Å². The highest BCUT2D eigenvalue weighted by Gasteiger charge is 2.27. The molecule has 0 spiro atoms. The summed E-state index contributed by atoms with van der Waals surface area (Å²) in [7, 11) is 0. The third kappa shape index (κ3) is 5.37. The van der Waals surface area contributed by atoms with E-state index in [0.29, 0.717) is 30.9 Å². The van der Waals surface area contributed by atoms with Crippen LogP contribution in [0, 0.1) is 0 Å². The summed E-state index contributed by atoms with van der Waals surface area (Å²) in [5.41, 5.74) is 7.74. The number of anilines is 1. The molecule has 1 saturated heterocycles. The first kappa shape index (κ1) is 19.1. The van der Waals surface area contributed by atoms with Gasteiger partial charge in [-0.3, -0.25) is 4.79 Å². The Balaban J connectivity index is 2.03. The standard InChI is InChI=1S/C19H29N3O3/c1-5-21-17(23)15-10-14(11-16(20)12-15)13-6-8-22(9-7-13)18(24)25-19(2,3)4/h10-13H,5-9,20H2,1-4H3,(H,21,23). The van der Waals surface area contributed by atoms with E-state index in [2.05, 4.69) is 5.32 Å². The zero-order valence-corrected chi connectivity index (χ0v) is 15.6. The fourth-order valence-electron chi connectivity index (χ4n) is 3.03. The molecule has 0 radical (unpaired) electrons. The normalized spacial score (nSPS) is 15.8. The third-order valence-corrected chi connectivity index (χ3v) is 4.20. The molecule has 2 rings (SSSR count). The van der Waals surface area contributed by atoms with Crippen LogP contribution in [0.15, 0.2) is 18.2 Å². The number of amides is 2. The number of rotatable bonds is 3. The minimum atomic E-state index is -0.483. The lowest BCUT2D eigenvalue weighted by molar-refractivity contribution is 0.0205. The van der Waals surface area contributed by atoms with Crippen LogP contribution in [0.2, 0.25) is 0 Å². The quantitative estimate of drug-likeness (QED) is 0.823. The van der Waals surface area contributed by atoms with Crippen LogP contribution in [-0.2, 0) is 4.74 Å². The average Bonchev–Trinajstić information content (AvgIpc) is 2.53. The van der Waals surface area contributed by atoms with E-state index >= 15 is 0 Å². The first-order chi connectivity index (χ1) is 11.7. The molecule has 1 heterocycles. The Morgan fingerprint density at radius 1 is 1.24 bits per heavy atom. The number of hydrogen-bond donors (Lipinski definition) is 2. The number of ether oxygens (including phenoxy) is 1. The molecule has 0 unspecified atom stereocenters. The molecule has 0 atom stereocenters. The summed E-state index contributed by atoms with van der Waals surface area (Å²) in [6.07, 6.45) is 1.40. The lowest BCUT2D eigenvalue weighted by Crippen LogP contribution is -2.41. The molecular formula is C19H29N3O3. The Bertz CT molecular complexity index is 629. The summed E-state index contributed by atoms with van der Waals surface area (Å²) in [6, 6.07) is 5.54. The highest BCUT2D eigenvalue weighted by molar-refractivity contribution is 5.95. The Hall–Kier alpha value is -2.24. The monoisotopic (exact) mass is 347 g/mol. The molecule has 6 nitrogen and oxygen atoms in total. The number of nitrogen functional groups attached to an aromatic ring is 1. The van der Waals surface area contributed by atoms with Crippen LogP contribution >= 0.6 is 0 Å². The Labute approximate surface area is 149 Å². The molecule has 1 aliphatic heterocycles. The molecule has 6 heteroatoms. The van der Waals surface area contributed by atoms with Crippen molar-refractivity contribution < 1.29 is 14.3 Å². The van der Waals surface area contributed by atoms with Crippen molar-refractivity contribution in [1.82, 2.24) is 10.2 Å². The predicted molar refractivity (Wildman–Crippen MR) is 98.6 cm³/mol. The van der Waals surface area contributed by atoms with Gasteiger partial charge >= 0.3 is 6.09 Å². The molecule has 3 N–H and O–H groups in total. The minimum Gasteiger partial charge on any atom is -0.444 e. The van der Waals surface area contributed by atoms with Crippen molar-refractivity contribution >= 4 is 17.7 Å². The van der Waals surface area contributed by atoms with Crippen LogP contribution < -0.4 is 11.1 Å². The summed E-state index contributed by atoms with van der Waals surface area (Å²) in [4.78, 5) is 26.0. The fraction of sp³-hybridized carbons (Fsp3) is 0.579. The smallest absolute Gasteiger partial charge is 0.410 e. The topological polar surface area (TPSA) is 84.7 Å². The first-order valence-electron chi connectivity index (χ1n) is 8.86. The van der Waals surface area contributed by atoms with Gasteiger partial charge in [-0.05, 0) is 70.2 Å². The fourth-order valence-corrected chi connectivity index (χ4v) is 3.03. The summed E-state index contributed by atoms with van der Waals surface area (Å²) in [6.45, 7) is 9.36. The van der Waals surface area contributed by atoms with Crippen LogP contribution in [0.5, 0.6) is 0 Å². The number of piperidine rings is 1. The molecule has 25 heavy (non-hydrogen) atoms. The van der Waals surface area contributed by atoms with Crippen LogP contribution in [0.3, 0.4) is 0 Å². The number of nitrogens with one attached hydrogen (secondary N) is 1. The van der Waals surface area contributed by atoms with E-state index in [1.54, 1.807) is 11.0 Å². The number of likely N-dealkylation sites (tertiary alicyclic amines) is 1. The first-order valence-corrected chi connectivity index (χ1v) is 8.86. The number of carbonyl (C=O) groups is 2. The summed E-state index contributed by atoms with van der Waals surface area (Å²) >= 11 is 0. The summed E-state index contributed by atoms with van der Waals surface area (Å²) in [5.74, 6) is 0.178. The van der Waals surface area contributed by atoms with Crippen molar-refractivity contribution in [2.45, 2.75) is 52.1 Å². The van der Waals surface area contributed by atoms with Crippen molar-refractivity contribution in [1.29, 1.82) is 0 Å². The van der Waals surface area contributed by atoms with Gasteiger partial charge in [-0.25, -0.2) is 4.79 Å². The maximum Gasteiger partial charge on any atom is 0.410 e. The highest BCUT2D eigenvalue weighted by Crippen LogP contribution is 2.30. The molecule has 2 amide bonds. The SMILES string of the molecule is CCNC(=O)c1cc(N)cc(C2CCN(C(=O)OC(C)(C)C)CC2)c1. The van der Waals surface area contributed by atoms with E-state index in [1.807, 2.05) is 39.8 Å². The van der Waals surface area contributed by atoms with Gasteiger partial charge in [-0.15, -0.1) is 0 Å². The highest BCUT2D eigenvalue weighted by atomic mass is 16.6. The number of hydrogen-bond acceptors (Lipinski definition) is 4. The maximum atomic E-state index is 12.2. The number of carbonyl (C=O) groups excluding carboxylic acids is 2. The Kier molecular flexibility index (Phi) is 5.93. The predicted octanol–water partition coefficient (Wildman–Crippen LogP) is 3.13.